The Labute approximate surface area is 122 Å². The summed E-state index contributed by atoms with van der Waals surface area (Å²) in [6.45, 7) is 2.65. The highest BCUT2D eigenvalue weighted by Crippen LogP contribution is 2.14. The van der Waals surface area contributed by atoms with Gasteiger partial charge in [0.25, 0.3) is 0 Å². The number of nitrogens with one attached hydrogen (secondary N) is 1. The molecule has 2 rings (SSSR count). The third kappa shape index (κ3) is 4.36. The number of likely N-dealkylation sites (N-methyl/N-ethyl adjacent to an activating group) is 1. The molecule has 0 unspecified atom stereocenters. The van der Waals surface area contributed by atoms with Crippen LogP contribution in [0.2, 0.25) is 5.02 Å². The smallest absolute Gasteiger partial charge is 0.238 e. The largest absolute Gasteiger partial charge is 0.360 e. The molecule has 106 valence electrons. The quantitative estimate of drug-likeness (QED) is 0.921. The summed E-state index contributed by atoms with van der Waals surface area (Å²) >= 11 is 5.86. The van der Waals surface area contributed by atoms with Crippen molar-refractivity contribution in [2.75, 3.05) is 18.9 Å². The van der Waals surface area contributed by atoms with Gasteiger partial charge in [-0.25, -0.2) is 0 Å². The van der Waals surface area contributed by atoms with Gasteiger partial charge in [0.1, 0.15) is 0 Å². The van der Waals surface area contributed by atoms with Crippen LogP contribution >= 0.6 is 11.6 Å². The lowest BCUT2D eigenvalue weighted by Crippen LogP contribution is -2.29. The number of amides is 1. The molecule has 1 amide bonds. The summed E-state index contributed by atoms with van der Waals surface area (Å²) in [7, 11) is 1.84. The van der Waals surface area contributed by atoms with Crippen molar-refractivity contribution in [3.8, 4) is 0 Å². The van der Waals surface area contributed by atoms with E-state index >= 15 is 0 Å². The van der Waals surface area contributed by atoms with Gasteiger partial charge in [0.05, 0.1) is 18.8 Å². The Morgan fingerprint density at radius 2 is 2.25 bits per heavy atom. The molecule has 0 radical (unpaired) electrons. The lowest BCUT2D eigenvalue weighted by Gasteiger charge is -2.14. The maximum absolute atomic E-state index is 11.9. The van der Waals surface area contributed by atoms with Crippen molar-refractivity contribution in [2.45, 2.75) is 13.5 Å². The molecule has 0 bridgehead atoms. The molecule has 0 saturated heterocycles. The zero-order valence-electron chi connectivity index (χ0n) is 11.4. The minimum atomic E-state index is -0.106. The molecule has 0 aliphatic rings. The summed E-state index contributed by atoms with van der Waals surface area (Å²) < 4.78 is 5.11. The molecule has 2 aromatic rings. The van der Waals surface area contributed by atoms with E-state index in [4.69, 9.17) is 16.1 Å². The van der Waals surface area contributed by atoms with Crippen molar-refractivity contribution in [1.29, 1.82) is 0 Å². The number of nitrogens with zero attached hydrogens (tertiary/aromatic N) is 2. The Morgan fingerprint density at radius 3 is 2.90 bits per heavy atom. The fourth-order valence-electron chi connectivity index (χ4n) is 1.82. The Bertz CT molecular complexity index is 598. The molecule has 0 aliphatic heterocycles. The van der Waals surface area contributed by atoms with E-state index in [-0.39, 0.29) is 12.5 Å². The van der Waals surface area contributed by atoms with Crippen LogP contribution in [-0.2, 0) is 11.3 Å². The molecule has 1 aromatic heterocycles. The van der Waals surface area contributed by atoms with Gasteiger partial charge in [-0.3, -0.25) is 9.69 Å². The fraction of sp³-hybridized carbons (Fsp3) is 0.286. The minimum absolute atomic E-state index is 0.106. The number of benzene rings is 1. The van der Waals surface area contributed by atoms with Crippen LogP contribution in [-0.4, -0.2) is 29.6 Å². The van der Waals surface area contributed by atoms with Crippen LogP contribution in [0, 0.1) is 6.92 Å². The summed E-state index contributed by atoms with van der Waals surface area (Å²) in [6.07, 6.45) is 0. The number of carbonyl (C=O) groups is 1. The van der Waals surface area contributed by atoms with Crippen molar-refractivity contribution in [3.63, 3.8) is 0 Å². The van der Waals surface area contributed by atoms with Gasteiger partial charge in [-0.05, 0) is 32.2 Å². The SMILES string of the molecule is Cc1cc(CN(C)CC(=O)Nc2cccc(Cl)c2)on1. The first kappa shape index (κ1) is 14.6. The molecule has 5 nitrogen and oxygen atoms in total. The number of carbonyl (C=O) groups excluding carboxylic acids is 1. The Morgan fingerprint density at radius 1 is 1.45 bits per heavy atom. The van der Waals surface area contributed by atoms with Gasteiger partial charge in [0, 0.05) is 16.8 Å². The van der Waals surface area contributed by atoms with Crippen LogP contribution in [0.3, 0.4) is 0 Å². The first-order valence-corrected chi connectivity index (χ1v) is 6.57. The van der Waals surface area contributed by atoms with Crippen molar-refractivity contribution in [3.05, 3.63) is 46.8 Å². The van der Waals surface area contributed by atoms with E-state index in [1.165, 1.54) is 0 Å². The maximum Gasteiger partial charge on any atom is 0.238 e. The van der Waals surface area contributed by atoms with Gasteiger partial charge in [-0.15, -0.1) is 0 Å². The number of aromatic nitrogens is 1. The van der Waals surface area contributed by atoms with Crippen molar-refractivity contribution >= 4 is 23.2 Å². The van der Waals surface area contributed by atoms with E-state index in [0.29, 0.717) is 17.3 Å². The Kier molecular flexibility index (Phi) is 4.76. The molecule has 6 heteroatoms. The molecule has 20 heavy (non-hydrogen) atoms. The lowest BCUT2D eigenvalue weighted by atomic mass is 10.3. The predicted octanol–water partition coefficient (Wildman–Crippen LogP) is 2.71. The predicted molar refractivity (Wildman–Crippen MR) is 77.7 cm³/mol. The molecule has 0 aliphatic carbocycles. The van der Waals surface area contributed by atoms with Gasteiger partial charge in [0.2, 0.25) is 5.91 Å². The van der Waals surface area contributed by atoms with Crippen LogP contribution in [0.5, 0.6) is 0 Å². The van der Waals surface area contributed by atoms with E-state index < -0.39 is 0 Å². The number of hydrogen-bond acceptors (Lipinski definition) is 4. The molecule has 1 N–H and O–H groups in total. The molecular formula is C14H16ClN3O2. The second-order valence-electron chi connectivity index (χ2n) is 4.67. The summed E-state index contributed by atoms with van der Waals surface area (Å²) in [5, 5.41) is 7.19. The van der Waals surface area contributed by atoms with Crippen molar-refractivity contribution in [1.82, 2.24) is 10.1 Å². The molecule has 0 fully saturated rings. The van der Waals surface area contributed by atoms with Crippen LogP contribution in [0.4, 0.5) is 5.69 Å². The number of anilines is 1. The van der Waals surface area contributed by atoms with Crippen LogP contribution in [0.15, 0.2) is 34.9 Å². The van der Waals surface area contributed by atoms with Gasteiger partial charge in [-0.1, -0.05) is 22.8 Å². The van der Waals surface area contributed by atoms with Gasteiger partial charge in [0.15, 0.2) is 5.76 Å². The van der Waals surface area contributed by atoms with Crippen LogP contribution < -0.4 is 5.32 Å². The number of hydrogen-bond donors (Lipinski definition) is 1. The topological polar surface area (TPSA) is 58.4 Å². The standard InChI is InChI=1S/C14H16ClN3O2/c1-10-6-13(20-17-10)8-18(2)9-14(19)16-12-5-3-4-11(15)7-12/h3-7H,8-9H2,1-2H3,(H,16,19). The molecule has 1 aromatic carbocycles. The maximum atomic E-state index is 11.9. The van der Waals surface area contributed by atoms with E-state index in [2.05, 4.69) is 10.5 Å². The van der Waals surface area contributed by atoms with E-state index in [9.17, 15) is 4.79 Å². The normalized spacial score (nSPS) is 10.8. The minimum Gasteiger partial charge on any atom is -0.360 e. The second-order valence-corrected chi connectivity index (χ2v) is 5.10. The zero-order chi connectivity index (χ0) is 14.5. The Balaban J connectivity index is 1.84. The Hall–Kier alpha value is -1.85. The van der Waals surface area contributed by atoms with E-state index in [1.54, 1.807) is 24.3 Å². The summed E-state index contributed by atoms with van der Waals surface area (Å²) in [4.78, 5) is 13.7. The van der Waals surface area contributed by atoms with Gasteiger partial charge >= 0.3 is 0 Å². The van der Waals surface area contributed by atoms with Gasteiger partial charge in [-0.2, -0.15) is 0 Å². The third-order valence-electron chi connectivity index (χ3n) is 2.62. The number of halogens is 1. The zero-order valence-corrected chi connectivity index (χ0v) is 12.1. The van der Waals surface area contributed by atoms with Crippen LogP contribution in [0.1, 0.15) is 11.5 Å². The highest BCUT2D eigenvalue weighted by molar-refractivity contribution is 6.30. The average Bonchev–Trinajstić information content (AvgIpc) is 2.74. The third-order valence-corrected chi connectivity index (χ3v) is 2.86. The molecule has 0 spiro atoms. The highest BCUT2D eigenvalue weighted by Gasteiger charge is 2.10. The second kappa shape index (κ2) is 6.54. The monoisotopic (exact) mass is 293 g/mol. The fourth-order valence-corrected chi connectivity index (χ4v) is 2.01. The van der Waals surface area contributed by atoms with E-state index in [1.807, 2.05) is 24.9 Å². The summed E-state index contributed by atoms with van der Waals surface area (Å²) in [6, 6.07) is 8.91. The lowest BCUT2D eigenvalue weighted by molar-refractivity contribution is -0.117. The van der Waals surface area contributed by atoms with Crippen molar-refractivity contribution in [2.24, 2.45) is 0 Å². The molecule has 1 heterocycles. The highest BCUT2D eigenvalue weighted by atomic mass is 35.5. The first-order valence-electron chi connectivity index (χ1n) is 6.19. The van der Waals surface area contributed by atoms with Crippen LogP contribution in [0.25, 0.3) is 0 Å². The first-order chi connectivity index (χ1) is 9.52. The van der Waals surface area contributed by atoms with Gasteiger partial charge < -0.3 is 9.84 Å². The number of aryl methyl sites for hydroxylation is 1. The number of rotatable bonds is 5. The molecule has 0 atom stereocenters. The molecule has 0 saturated carbocycles. The summed E-state index contributed by atoms with van der Waals surface area (Å²) in [5.41, 5.74) is 1.52. The molecular weight excluding hydrogens is 278 g/mol. The van der Waals surface area contributed by atoms with Crippen molar-refractivity contribution < 1.29 is 9.32 Å². The van der Waals surface area contributed by atoms with E-state index in [0.717, 1.165) is 11.5 Å². The average molecular weight is 294 g/mol. The summed E-state index contributed by atoms with van der Waals surface area (Å²) in [5.74, 6) is 0.631.